The molecule has 0 aromatic rings. The number of hydrogen-bond acceptors (Lipinski definition) is 6. The molecule has 0 radical (unpaired) electrons. The van der Waals surface area contributed by atoms with E-state index in [0.29, 0.717) is 25.0 Å². The molecule has 6 aliphatic rings. The van der Waals surface area contributed by atoms with Gasteiger partial charge in [-0.3, -0.25) is 0 Å². The third kappa shape index (κ3) is 3.46. The van der Waals surface area contributed by atoms with E-state index in [9.17, 15) is 9.90 Å². The average molecular weight is 533 g/mol. The van der Waals surface area contributed by atoms with E-state index >= 15 is 0 Å². The van der Waals surface area contributed by atoms with E-state index < -0.39 is 25.1 Å². The Morgan fingerprint density at radius 2 is 1.89 bits per heavy atom. The number of cyclic esters (lactones) is 1. The minimum absolute atomic E-state index is 0.0487. The number of ether oxygens (including phenoxy) is 3. The number of methoxy groups -OCH3 is 1. The van der Waals surface area contributed by atoms with Gasteiger partial charge < -0.3 is 23.7 Å². The summed E-state index contributed by atoms with van der Waals surface area (Å²) in [6.07, 6.45) is 9.71. The number of carbonyl (C=O) groups is 1. The van der Waals surface area contributed by atoms with Crippen LogP contribution in [-0.4, -0.2) is 57.2 Å². The van der Waals surface area contributed by atoms with Crippen LogP contribution in [0.3, 0.4) is 0 Å². The van der Waals surface area contributed by atoms with Crippen molar-refractivity contribution in [2.75, 3.05) is 20.3 Å². The van der Waals surface area contributed by atoms with Crippen molar-refractivity contribution in [1.29, 1.82) is 0 Å². The van der Waals surface area contributed by atoms with Crippen molar-refractivity contribution in [2.45, 2.75) is 115 Å². The van der Waals surface area contributed by atoms with E-state index in [0.717, 1.165) is 57.1 Å². The Balaban J connectivity index is 1.32. The summed E-state index contributed by atoms with van der Waals surface area (Å²) in [6.45, 7) is 15.0. The number of rotatable bonds is 4. The van der Waals surface area contributed by atoms with Gasteiger partial charge in [-0.15, -0.1) is 0 Å². The lowest BCUT2D eigenvalue weighted by Gasteiger charge is -2.65. The third-order valence-corrected chi connectivity index (χ3v) is 17.3. The maximum absolute atomic E-state index is 12.6. The molecule has 2 heterocycles. The van der Waals surface area contributed by atoms with Crippen LogP contribution in [0, 0.1) is 34.5 Å². The van der Waals surface area contributed by atoms with Gasteiger partial charge in [-0.2, -0.15) is 0 Å². The van der Waals surface area contributed by atoms with Gasteiger partial charge in [0.15, 0.2) is 14.1 Å². The van der Waals surface area contributed by atoms with E-state index in [1.54, 1.807) is 6.08 Å². The van der Waals surface area contributed by atoms with Crippen LogP contribution in [0.15, 0.2) is 11.6 Å². The van der Waals surface area contributed by atoms with Crippen LogP contribution in [0.5, 0.6) is 0 Å². The van der Waals surface area contributed by atoms with Crippen LogP contribution in [0.4, 0.5) is 0 Å². The molecule has 5 fully saturated rings. The molecule has 208 valence electrons. The summed E-state index contributed by atoms with van der Waals surface area (Å²) in [4.78, 5) is 11.9. The smallest absolute Gasteiger partial charge is 0.331 e. The second-order valence-corrected chi connectivity index (χ2v) is 19.9. The molecule has 7 heteroatoms. The molecule has 0 aromatic carbocycles. The average Bonchev–Trinajstić information content (AvgIpc) is 3.46. The zero-order chi connectivity index (χ0) is 26.6. The van der Waals surface area contributed by atoms with Crippen LogP contribution >= 0.6 is 0 Å². The minimum Gasteiger partial charge on any atom is -0.458 e. The van der Waals surface area contributed by atoms with Crippen molar-refractivity contribution in [1.82, 2.24) is 0 Å². The van der Waals surface area contributed by atoms with Crippen molar-refractivity contribution in [3.8, 4) is 0 Å². The molecule has 0 aromatic heterocycles. The van der Waals surface area contributed by atoms with Gasteiger partial charge in [0.25, 0.3) is 0 Å². The lowest BCUT2D eigenvalue weighted by Crippen LogP contribution is -2.69. The molecule has 6 nitrogen and oxygen atoms in total. The lowest BCUT2D eigenvalue weighted by atomic mass is 9.42. The van der Waals surface area contributed by atoms with Crippen LogP contribution in [0.2, 0.25) is 18.1 Å². The summed E-state index contributed by atoms with van der Waals surface area (Å²) >= 11 is 0. The van der Waals surface area contributed by atoms with Gasteiger partial charge in [0.1, 0.15) is 6.61 Å². The molecular weight excluding hydrogens is 484 g/mol. The largest absolute Gasteiger partial charge is 0.458 e. The normalized spacial score (nSPS) is 49.2. The minimum atomic E-state index is -1.83. The molecule has 37 heavy (non-hydrogen) atoms. The Labute approximate surface area is 224 Å². The standard InChI is InChI=1S/C30H48O6Si/c1-26(2,3)37(6,7)36-21-10-12-28-18-35-30(33-5)17-27(4)22(19-14-24(31)34-16-19)11-13-29(27,32)23(25(28)30)9-8-20(28)15-21/h14,20-23,25,32H,8-13,15-18H2,1-7H3/t20?,21-,22+,23+,25-,27+,28+,29-,30-/m0/s1. The van der Waals surface area contributed by atoms with Crippen molar-refractivity contribution >= 4 is 14.3 Å². The van der Waals surface area contributed by atoms with E-state index in [2.05, 4.69) is 40.8 Å². The SMILES string of the molecule is CO[C@@]12C[C@]3(C)[C@@H](C4=CC(=O)OC4)CC[C@]3(O)[C@@H]3CCC4C[C@@H](O[Si](C)(C)C(C)(C)C)CC[C@]4(CO1)[C@H]32. The number of aliphatic hydroxyl groups is 1. The first-order valence-corrected chi connectivity index (χ1v) is 17.6. The number of esters is 1. The second-order valence-electron chi connectivity index (χ2n) is 15.1. The van der Waals surface area contributed by atoms with Crippen LogP contribution in [0.25, 0.3) is 0 Å². The van der Waals surface area contributed by atoms with E-state index in [1.165, 1.54) is 0 Å². The molecule has 1 saturated heterocycles. The Bertz CT molecular complexity index is 1000. The monoisotopic (exact) mass is 532 g/mol. The van der Waals surface area contributed by atoms with Crippen LogP contribution < -0.4 is 0 Å². The molecule has 0 bridgehead atoms. The van der Waals surface area contributed by atoms with Gasteiger partial charge in [0.2, 0.25) is 0 Å². The van der Waals surface area contributed by atoms with Crippen molar-refractivity contribution in [3.05, 3.63) is 11.6 Å². The molecule has 6 rings (SSSR count). The van der Waals surface area contributed by atoms with Gasteiger partial charge in [0.05, 0.1) is 12.2 Å². The molecule has 1 N–H and O–H groups in total. The maximum Gasteiger partial charge on any atom is 0.331 e. The van der Waals surface area contributed by atoms with Gasteiger partial charge in [-0.25, -0.2) is 4.79 Å². The predicted molar refractivity (Wildman–Crippen MR) is 143 cm³/mol. The van der Waals surface area contributed by atoms with Gasteiger partial charge in [0, 0.05) is 42.5 Å². The summed E-state index contributed by atoms with van der Waals surface area (Å²) in [7, 11) is -0.0193. The highest BCUT2D eigenvalue weighted by molar-refractivity contribution is 6.74. The second kappa shape index (κ2) is 8.15. The van der Waals surface area contributed by atoms with Gasteiger partial charge in [-0.05, 0) is 86.4 Å². The van der Waals surface area contributed by atoms with Gasteiger partial charge >= 0.3 is 5.97 Å². The molecule has 1 spiro atoms. The first kappa shape index (κ1) is 26.5. The molecule has 4 saturated carbocycles. The summed E-state index contributed by atoms with van der Waals surface area (Å²) < 4.78 is 25.5. The first-order valence-electron chi connectivity index (χ1n) is 14.7. The lowest BCUT2D eigenvalue weighted by molar-refractivity contribution is -0.315. The molecule has 9 atom stereocenters. The summed E-state index contributed by atoms with van der Waals surface area (Å²) in [5.74, 6) is 0.0737. The quantitative estimate of drug-likeness (QED) is 0.375. The Hall–Kier alpha value is -0.733. The molecule has 0 amide bonds. The first-order chi connectivity index (χ1) is 17.2. The van der Waals surface area contributed by atoms with Crippen molar-refractivity contribution in [3.63, 3.8) is 0 Å². The Morgan fingerprint density at radius 3 is 2.54 bits per heavy atom. The fourth-order valence-corrected chi connectivity index (χ4v) is 11.3. The summed E-state index contributed by atoms with van der Waals surface area (Å²) in [5.41, 5.74) is -0.104. The van der Waals surface area contributed by atoms with E-state index in [1.807, 2.05) is 7.11 Å². The molecule has 2 aliphatic heterocycles. The molecule has 1 unspecified atom stereocenters. The van der Waals surface area contributed by atoms with Crippen LogP contribution in [-0.2, 0) is 23.4 Å². The van der Waals surface area contributed by atoms with Crippen molar-refractivity contribution in [2.24, 2.45) is 34.5 Å². The summed E-state index contributed by atoms with van der Waals surface area (Å²) in [6, 6.07) is 0. The zero-order valence-corrected chi connectivity index (χ0v) is 25.0. The fraction of sp³-hybridized carbons (Fsp3) is 0.900. The number of carbonyl (C=O) groups excluding carboxylic acids is 1. The third-order valence-electron chi connectivity index (χ3n) is 12.7. The Morgan fingerprint density at radius 1 is 1.14 bits per heavy atom. The van der Waals surface area contributed by atoms with Gasteiger partial charge in [-0.1, -0.05) is 27.7 Å². The maximum atomic E-state index is 12.6. The van der Waals surface area contributed by atoms with E-state index in [4.69, 9.17) is 18.6 Å². The molecular formula is C30H48O6Si. The number of hydrogen-bond donors (Lipinski definition) is 1. The highest BCUT2D eigenvalue weighted by Gasteiger charge is 2.78. The van der Waals surface area contributed by atoms with Crippen molar-refractivity contribution < 1.29 is 28.5 Å². The summed E-state index contributed by atoms with van der Waals surface area (Å²) in [5, 5.41) is 12.8. The zero-order valence-electron chi connectivity index (χ0n) is 24.0. The topological polar surface area (TPSA) is 74.2 Å². The fourth-order valence-electron chi connectivity index (χ4n) is 9.92. The van der Waals surface area contributed by atoms with E-state index in [-0.39, 0.29) is 34.2 Å². The van der Waals surface area contributed by atoms with Crippen LogP contribution in [0.1, 0.15) is 79.1 Å². The highest BCUT2D eigenvalue weighted by atomic mass is 28.4. The Kier molecular flexibility index (Phi) is 5.84. The molecule has 4 aliphatic carbocycles. The predicted octanol–water partition coefficient (Wildman–Crippen LogP) is 5.60. The number of fused-ring (bicyclic) bond motifs is 2. The highest BCUT2D eigenvalue weighted by Crippen LogP contribution is 2.75.